The van der Waals surface area contributed by atoms with E-state index in [1.54, 1.807) is 35.2 Å². The van der Waals surface area contributed by atoms with Gasteiger partial charge in [0.1, 0.15) is 5.69 Å². The summed E-state index contributed by atoms with van der Waals surface area (Å²) in [6.07, 6.45) is 3.33. The van der Waals surface area contributed by atoms with Crippen LogP contribution in [0.5, 0.6) is 0 Å². The molecule has 0 aliphatic carbocycles. The molecular weight excluding hydrogens is 232 g/mol. The van der Waals surface area contributed by atoms with Crippen LogP contribution in [0.4, 0.5) is 0 Å². The van der Waals surface area contributed by atoms with Crippen molar-refractivity contribution in [1.82, 2.24) is 15.0 Å². The van der Waals surface area contributed by atoms with E-state index >= 15 is 0 Å². The van der Waals surface area contributed by atoms with E-state index in [0.29, 0.717) is 12.2 Å². The third kappa shape index (κ3) is 2.80. The molecule has 0 spiro atoms. The van der Waals surface area contributed by atoms with E-state index in [9.17, 15) is 9.59 Å². The quantitative estimate of drug-likeness (QED) is 0.448. The summed E-state index contributed by atoms with van der Waals surface area (Å²) >= 11 is 0. The fourth-order valence-electron chi connectivity index (χ4n) is 1.50. The summed E-state index contributed by atoms with van der Waals surface area (Å²) in [5.41, 5.74) is 2.95. The van der Waals surface area contributed by atoms with Crippen molar-refractivity contribution in [3.05, 3.63) is 64.3 Å². The highest BCUT2D eigenvalue weighted by atomic mass is 16.2. The van der Waals surface area contributed by atoms with Crippen LogP contribution in [0, 0.1) is 0 Å². The summed E-state index contributed by atoms with van der Waals surface area (Å²) in [5.74, 6) is 4.61. The number of amides is 1. The van der Waals surface area contributed by atoms with Gasteiger partial charge in [0.15, 0.2) is 5.43 Å². The number of hydrogen-bond acceptors (Lipinski definition) is 4. The molecule has 0 saturated carbocycles. The summed E-state index contributed by atoms with van der Waals surface area (Å²) in [6, 6.07) is 8.05. The molecule has 6 heteroatoms. The SMILES string of the molecule is NNC(=O)c1cccc(Cn2ccc(=O)cc2)n1. The molecule has 0 aromatic carbocycles. The van der Waals surface area contributed by atoms with Gasteiger partial charge in [-0.3, -0.25) is 15.0 Å². The maximum atomic E-state index is 11.3. The monoisotopic (exact) mass is 244 g/mol. The van der Waals surface area contributed by atoms with E-state index in [1.165, 1.54) is 12.1 Å². The van der Waals surface area contributed by atoms with Gasteiger partial charge in [-0.05, 0) is 12.1 Å². The first kappa shape index (κ1) is 12.0. The Hall–Kier alpha value is -2.47. The summed E-state index contributed by atoms with van der Waals surface area (Å²) in [4.78, 5) is 26.4. The van der Waals surface area contributed by atoms with Crippen molar-refractivity contribution in [3.8, 4) is 0 Å². The molecule has 0 saturated heterocycles. The van der Waals surface area contributed by atoms with Gasteiger partial charge in [0.25, 0.3) is 5.91 Å². The zero-order valence-electron chi connectivity index (χ0n) is 9.54. The van der Waals surface area contributed by atoms with E-state index < -0.39 is 5.91 Å². The summed E-state index contributed by atoms with van der Waals surface area (Å²) in [5, 5.41) is 0. The third-order valence-electron chi connectivity index (χ3n) is 2.38. The van der Waals surface area contributed by atoms with E-state index in [1.807, 2.05) is 5.43 Å². The first-order chi connectivity index (χ1) is 8.69. The predicted molar refractivity (Wildman–Crippen MR) is 65.7 cm³/mol. The molecule has 0 aliphatic rings. The minimum absolute atomic E-state index is 0.0459. The molecule has 0 aliphatic heterocycles. The van der Waals surface area contributed by atoms with Crippen LogP contribution in [0.15, 0.2) is 47.5 Å². The molecule has 0 fully saturated rings. The van der Waals surface area contributed by atoms with Crippen LogP contribution in [0.1, 0.15) is 16.2 Å². The van der Waals surface area contributed by atoms with Gasteiger partial charge in [0.05, 0.1) is 12.2 Å². The number of nitrogens with zero attached hydrogens (tertiary/aromatic N) is 2. The molecule has 2 aromatic rings. The number of nitrogens with one attached hydrogen (secondary N) is 1. The van der Waals surface area contributed by atoms with Crippen LogP contribution >= 0.6 is 0 Å². The van der Waals surface area contributed by atoms with Crippen molar-refractivity contribution in [2.75, 3.05) is 0 Å². The number of carbonyl (C=O) groups excluding carboxylic acids is 1. The van der Waals surface area contributed by atoms with E-state index in [0.717, 1.165) is 0 Å². The van der Waals surface area contributed by atoms with Crippen molar-refractivity contribution in [3.63, 3.8) is 0 Å². The van der Waals surface area contributed by atoms with Gasteiger partial charge < -0.3 is 4.57 Å². The molecule has 0 radical (unpaired) electrons. The second kappa shape index (κ2) is 5.24. The minimum Gasteiger partial charge on any atom is -0.348 e. The maximum Gasteiger partial charge on any atom is 0.283 e. The number of hydrogen-bond donors (Lipinski definition) is 2. The molecule has 18 heavy (non-hydrogen) atoms. The second-order valence-electron chi connectivity index (χ2n) is 3.69. The summed E-state index contributed by atoms with van der Waals surface area (Å²) in [6.45, 7) is 0.478. The zero-order chi connectivity index (χ0) is 13.0. The van der Waals surface area contributed by atoms with Crippen LogP contribution in [0.2, 0.25) is 0 Å². The van der Waals surface area contributed by atoms with Gasteiger partial charge in [0.2, 0.25) is 0 Å². The number of nitrogen functional groups attached to an aromatic ring is 1. The Morgan fingerprint density at radius 1 is 1.28 bits per heavy atom. The Labute approximate surface area is 103 Å². The standard InChI is InChI=1S/C12H12N4O2/c13-15-12(18)11-3-1-2-9(14-11)8-16-6-4-10(17)5-7-16/h1-7H,8,13H2,(H,15,18). The Bertz CT molecular complexity index is 601. The number of hydrazine groups is 1. The molecule has 92 valence electrons. The van der Waals surface area contributed by atoms with Crippen LogP contribution in [-0.4, -0.2) is 15.5 Å². The molecule has 1 amide bonds. The molecule has 2 rings (SSSR count). The van der Waals surface area contributed by atoms with E-state index in [4.69, 9.17) is 5.84 Å². The molecule has 6 nitrogen and oxygen atoms in total. The van der Waals surface area contributed by atoms with E-state index in [-0.39, 0.29) is 11.1 Å². The Morgan fingerprint density at radius 2 is 2.00 bits per heavy atom. The smallest absolute Gasteiger partial charge is 0.283 e. The maximum absolute atomic E-state index is 11.3. The van der Waals surface area contributed by atoms with Crippen molar-refractivity contribution in [2.45, 2.75) is 6.54 Å². The van der Waals surface area contributed by atoms with E-state index in [2.05, 4.69) is 4.98 Å². The molecule has 0 atom stereocenters. The Kier molecular flexibility index (Phi) is 3.49. The van der Waals surface area contributed by atoms with Crippen molar-refractivity contribution < 1.29 is 4.79 Å². The van der Waals surface area contributed by atoms with Gasteiger partial charge in [-0.1, -0.05) is 6.07 Å². The number of carbonyl (C=O) groups is 1. The van der Waals surface area contributed by atoms with Crippen LogP contribution in [0.25, 0.3) is 0 Å². The Morgan fingerprint density at radius 3 is 2.67 bits per heavy atom. The number of aromatic nitrogens is 2. The minimum atomic E-state index is -0.434. The normalized spacial score (nSPS) is 10.1. The van der Waals surface area contributed by atoms with Crippen molar-refractivity contribution >= 4 is 5.91 Å². The zero-order valence-corrected chi connectivity index (χ0v) is 9.54. The first-order valence-corrected chi connectivity index (χ1v) is 5.32. The van der Waals surface area contributed by atoms with Gasteiger partial charge >= 0.3 is 0 Å². The highest BCUT2D eigenvalue weighted by molar-refractivity contribution is 5.91. The Balaban J connectivity index is 2.21. The molecule has 0 unspecified atom stereocenters. The second-order valence-corrected chi connectivity index (χ2v) is 3.69. The average molecular weight is 244 g/mol. The predicted octanol–water partition coefficient (Wildman–Crippen LogP) is -0.105. The van der Waals surface area contributed by atoms with Gasteiger partial charge in [-0.25, -0.2) is 10.8 Å². The lowest BCUT2D eigenvalue weighted by molar-refractivity contribution is 0.0948. The molecule has 0 bridgehead atoms. The lowest BCUT2D eigenvalue weighted by Crippen LogP contribution is -2.30. The van der Waals surface area contributed by atoms with Crippen molar-refractivity contribution in [1.29, 1.82) is 0 Å². The highest BCUT2D eigenvalue weighted by Gasteiger charge is 2.05. The van der Waals surface area contributed by atoms with Crippen molar-refractivity contribution in [2.24, 2.45) is 5.84 Å². The molecular formula is C12H12N4O2. The third-order valence-corrected chi connectivity index (χ3v) is 2.38. The number of rotatable bonds is 3. The van der Waals surface area contributed by atoms with Gasteiger partial charge in [-0.15, -0.1) is 0 Å². The summed E-state index contributed by atoms with van der Waals surface area (Å²) in [7, 11) is 0. The molecule has 2 heterocycles. The molecule has 2 aromatic heterocycles. The summed E-state index contributed by atoms with van der Waals surface area (Å²) < 4.78 is 1.80. The fourth-order valence-corrected chi connectivity index (χ4v) is 1.50. The average Bonchev–Trinajstić information content (AvgIpc) is 2.41. The lowest BCUT2D eigenvalue weighted by Gasteiger charge is -2.06. The van der Waals surface area contributed by atoms with Crippen LogP contribution in [0.3, 0.4) is 0 Å². The van der Waals surface area contributed by atoms with Crippen LogP contribution < -0.4 is 16.7 Å². The number of nitrogens with two attached hydrogens (primary N) is 1. The first-order valence-electron chi connectivity index (χ1n) is 5.32. The lowest BCUT2D eigenvalue weighted by atomic mass is 10.3. The highest BCUT2D eigenvalue weighted by Crippen LogP contribution is 2.01. The van der Waals surface area contributed by atoms with Gasteiger partial charge in [-0.2, -0.15) is 0 Å². The fraction of sp³-hybridized carbons (Fsp3) is 0.0833. The topological polar surface area (TPSA) is 90.0 Å². The largest absolute Gasteiger partial charge is 0.348 e. The van der Waals surface area contributed by atoms with Crippen LogP contribution in [-0.2, 0) is 6.54 Å². The molecule has 3 N–H and O–H groups in total. The number of pyridine rings is 2. The van der Waals surface area contributed by atoms with Gasteiger partial charge in [0, 0.05) is 24.5 Å².